The Bertz CT molecular complexity index is 406. The van der Waals surface area contributed by atoms with E-state index in [4.69, 9.17) is 0 Å². The Morgan fingerprint density at radius 2 is 1.24 bits per heavy atom. The molecule has 1 rings (SSSR count). The lowest BCUT2D eigenvalue weighted by molar-refractivity contribution is -0.894. The predicted molar refractivity (Wildman–Crippen MR) is 80.1 cm³/mol. The second kappa shape index (κ2) is 9.42. The first-order chi connectivity index (χ1) is 8.58. The average molecular weight is 518 g/mol. The van der Waals surface area contributed by atoms with Crippen LogP contribution in [0.1, 0.15) is 10.4 Å². The molecule has 0 spiro atoms. The third kappa shape index (κ3) is 9.80. The first kappa shape index (κ1) is 23.5. The van der Waals surface area contributed by atoms with Crippen LogP contribution in [0.4, 0.5) is 0 Å². The summed E-state index contributed by atoms with van der Waals surface area (Å²) >= 11 is 0. The van der Waals surface area contributed by atoms with Gasteiger partial charge in [-0.3, -0.25) is 4.79 Å². The number of Topliss-reactive ketones (excluding diaryl/α,β-unsaturated/α-hetero) is 1. The maximum Gasteiger partial charge on any atom is 0.177 e. The van der Waals surface area contributed by atoms with E-state index >= 15 is 0 Å². The summed E-state index contributed by atoms with van der Waals surface area (Å²) in [6.07, 6.45) is 0. The Balaban J connectivity index is 0. The number of carbonyl (C=O) groups is 1. The van der Waals surface area contributed by atoms with Gasteiger partial charge in [-0.15, -0.1) is 0 Å². The predicted octanol–water partition coefficient (Wildman–Crippen LogP) is -4.09. The van der Waals surface area contributed by atoms with Gasteiger partial charge >= 0.3 is 0 Å². The maximum atomic E-state index is 12.7. The van der Waals surface area contributed by atoms with Crippen LogP contribution in [-0.2, 0) is 0 Å². The van der Waals surface area contributed by atoms with Gasteiger partial charge in [0.2, 0.25) is 0 Å². The minimum absolute atomic E-state index is 0. The summed E-state index contributed by atoms with van der Waals surface area (Å²) in [4.78, 5) is 12.7. The van der Waals surface area contributed by atoms with Crippen LogP contribution in [0.3, 0.4) is 0 Å². The number of halogens is 2. The Morgan fingerprint density at radius 3 is 1.57 bits per heavy atom. The summed E-state index contributed by atoms with van der Waals surface area (Å²) < 4.78 is 1.62. The highest BCUT2D eigenvalue weighted by Gasteiger charge is 2.31. The van der Waals surface area contributed by atoms with E-state index < -0.39 is 0 Å². The summed E-state index contributed by atoms with van der Waals surface area (Å²) in [5.74, 6) is 0.323. The number of hydrogen-bond donors (Lipinski definition) is 0. The molecule has 0 fully saturated rings. The fourth-order valence-corrected chi connectivity index (χ4v) is 2.38. The van der Waals surface area contributed by atoms with Gasteiger partial charge < -0.3 is 56.9 Å². The zero-order chi connectivity index (χ0) is 14.7. The van der Waals surface area contributed by atoms with Crippen molar-refractivity contribution in [3.63, 3.8) is 0 Å². The van der Waals surface area contributed by atoms with E-state index in [9.17, 15) is 4.79 Å². The molecule has 1 aromatic rings. The molecule has 0 aliphatic rings. The summed E-state index contributed by atoms with van der Waals surface area (Å²) in [5.41, 5.74) is 0.828. The third-order valence-corrected chi connectivity index (χ3v) is 2.97. The largest absolute Gasteiger partial charge is 1.00 e. The van der Waals surface area contributed by atoms with Crippen LogP contribution in [0.25, 0.3) is 0 Å². The summed E-state index contributed by atoms with van der Waals surface area (Å²) in [6.45, 7) is 1.73. The van der Waals surface area contributed by atoms with Gasteiger partial charge in [0.1, 0.15) is 5.92 Å². The Hall–Kier alpha value is 0.270. The first-order valence-corrected chi connectivity index (χ1v) is 6.79. The van der Waals surface area contributed by atoms with Crippen molar-refractivity contribution in [1.29, 1.82) is 0 Å². The van der Waals surface area contributed by atoms with Crippen LogP contribution in [-0.4, -0.2) is 70.1 Å². The second-order valence-corrected chi connectivity index (χ2v) is 7.37. The van der Waals surface area contributed by atoms with Crippen molar-refractivity contribution < 1.29 is 61.7 Å². The summed E-state index contributed by atoms with van der Waals surface area (Å²) in [6, 6.07) is 9.65. The molecule has 0 aliphatic heterocycles. The minimum atomic E-state index is 0. The van der Waals surface area contributed by atoms with Gasteiger partial charge in [0.15, 0.2) is 5.78 Å². The number of hydrogen-bond acceptors (Lipinski definition) is 1. The highest BCUT2D eigenvalue weighted by atomic mass is 127. The topological polar surface area (TPSA) is 17.1 Å². The SMILES string of the molecule is C[N+](C)(C)CC(C[N+](C)(C)C)C(=O)c1ccccc1.[I-].[I-]. The van der Waals surface area contributed by atoms with Crippen molar-refractivity contribution in [2.24, 2.45) is 5.92 Å². The van der Waals surface area contributed by atoms with Crippen LogP contribution in [0.15, 0.2) is 30.3 Å². The molecule has 0 heterocycles. The number of quaternary nitrogens is 2. The molecule has 5 heteroatoms. The molecule has 0 saturated heterocycles. The number of carbonyl (C=O) groups excluding carboxylic acids is 1. The average Bonchev–Trinajstić information content (AvgIpc) is 2.24. The van der Waals surface area contributed by atoms with Crippen LogP contribution in [0, 0.1) is 5.92 Å². The van der Waals surface area contributed by atoms with Gasteiger partial charge in [-0.25, -0.2) is 0 Å². The molecule has 0 saturated carbocycles. The molecule has 0 unspecified atom stereocenters. The van der Waals surface area contributed by atoms with E-state index in [1.165, 1.54) is 0 Å². The lowest BCUT2D eigenvalue weighted by Crippen LogP contribution is -3.00. The van der Waals surface area contributed by atoms with Gasteiger partial charge in [-0.1, -0.05) is 30.3 Å². The molecular weight excluding hydrogens is 490 g/mol. The van der Waals surface area contributed by atoms with E-state index in [2.05, 4.69) is 42.3 Å². The molecule has 0 atom stereocenters. The van der Waals surface area contributed by atoms with Crippen LogP contribution in [0.2, 0.25) is 0 Å². The lowest BCUT2D eigenvalue weighted by atomic mass is 9.95. The molecule has 21 heavy (non-hydrogen) atoms. The second-order valence-electron chi connectivity index (χ2n) is 7.37. The van der Waals surface area contributed by atoms with Gasteiger partial charge in [0.25, 0.3) is 0 Å². The number of nitrogens with zero attached hydrogens (tertiary/aromatic N) is 2. The maximum absolute atomic E-state index is 12.7. The highest BCUT2D eigenvalue weighted by Crippen LogP contribution is 2.15. The fourth-order valence-electron chi connectivity index (χ4n) is 2.38. The van der Waals surface area contributed by atoms with E-state index in [0.29, 0.717) is 0 Å². The highest BCUT2D eigenvalue weighted by molar-refractivity contribution is 5.98. The third-order valence-electron chi connectivity index (χ3n) is 2.97. The zero-order valence-electron chi connectivity index (χ0n) is 13.9. The molecule has 0 bridgehead atoms. The molecule has 3 nitrogen and oxygen atoms in total. The lowest BCUT2D eigenvalue weighted by Gasteiger charge is -2.33. The smallest absolute Gasteiger partial charge is 0.177 e. The first-order valence-electron chi connectivity index (χ1n) is 6.79. The molecular formula is C16H28I2N2O. The van der Waals surface area contributed by atoms with Crippen molar-refractivity contribution in [2.75, 3.05) is 55.4 Å². The number of benzene rings is 1. The van der Waals surface area contributed by atoms with Crippen molar-refractivity contribution in [3.05, 3.63) is 35.9 Å². The quantitative estimate of drug-likeness (QED) is 0.213. The van der Waals surface area contributed by atoms with Crippen molar-refractivity contribution in [2.45, 2.75) is 0 Å². The van der Waals surface area contributed by atoms with Gasteiger partial charge in [-0.2, -0.15) is 0 Å². The Kier molecular flexibility index (Phi) is 10.6. The Morgan fingerprint density at radius 1 is 0.857 bits per heavy atom. The van der Waals surface area contributed by atoms with Crippen molar-refractivity contribution >= 4 is 5.78 Å². The molecule has 0 amide bonds. The Labute approximate surface area is 163 Å². The van der Waals surface area contributed by atoms with Crippen molar-refractivity contribution in [3.8, 4) is 0 Å². The van der Waals surface area contributed by atoms with Crippen LogP contribution >= 0.6 is 0 Å². The van der Waals surface area contributed by atoms with E-state index in [-0.39, 0.29) is 59.7 Å². The van der Waals surface area contributed by atoms with Crippen LogP contribution < -0.4 is 48.0 Å². The molecule has 0 radical (unpaired) electrons. The molecule has 0 aliphatic carbocycles. The minimum Gasteiger partial charge on any atom is -1.00 e. The zero-order valence-corrected chi connectivity index (χ0v) is 18.3. The molecule has 122 valence electrons. The molecule has 1 aromatic carbocycles. The van der Waals surface area contributed by atoms with Gasteiger partial charge in [0.05, 0.1) is 55.4 Å². The van der Waals surface area contributed by atoms with E-state index in [1.54, 1.807) is 0 Å². The standard InChI is InChI=1S/C16H28N2O.2HI/c1-17(2,3)12-15(13-18(4,5)6)16(19)14-10-8-7-9-11-14;;/h7-11,15H,12-13H2,1-6H3;2*1H/q+2;;/p-2. The fraction of sp³-hybridized carbons (Fsp3) is 0.562. The van der Waals surface area contributed by atoms with Gasteiger partial charge in [0, 0.05) is 5.56 Å². The monoisotopic (exact) mass is 518 g/mol. The normalized spacial score (nSPS) is 11.6. The summed E-state index contributed by atoms with van der Waals surface area (Å²) in [5, 5.41) is 0. The number of rotatable bonds is 6. The van der Waals surface area contributed by atoms with Gasteiger partial charge in [-0.05, 0) is 0 Å². The van der Waals surface area contributed by atoms with E-state index in [0.717, 1.165) is 27.6 Å². The molecule has 0 N–H and O–H groups in total. The van der Waals surface area contributed by atoms with Crippen LogP contribution in [0.5, 0.6) is 0 Å². The number of ketones is 1. The van der Waals surface area contributed by atoms with E-state index in [1.807, 2.05) is 30.3 Å². The molecule has 0 aromatic heterocycles. The van der Waals surface area contributed by atoms with Crippen molar-refractivity contribution in [1.82, 2.24) is 0 Å². The summed E-state index contributed by atoms with van der Waals surface area (Å²) in [7, 11) is 12.8.